The van der Waals surface area contributed by atoms with Crippen LogP contribution in [-0.2, 0) is 14.8 Å². The van der Waals surface area contributed by atoms with Gasteiger partial charge in [-0.1, -0.05) is 35.9 Å². The van der Waals surface area contributed by atoms with Gasteiger partial charge in [0.15, 0.2) is 0 Å². The van der Waals surface area contributed by atoms with Gasteiger partial charge in [0.2, 0.25) is 5.91 Å². The number of sulfonamides is 1. The number of halogens is 1. The largest absolute Gasteiger partial charge is 0.356 e. The number of hydrogen-bond donors (Lipinski definition) is 2. The van der Waals surface area contributed by atoms with Crippen LogP contribution in [0.5, 0.6) is 0 Å². The van der Waals surface area contributed by atoms with E-state index in [2.05, 4.69) is 10.6 Å². The average Bonchev–Trinajstić information content (AvgIpc) is 2.67. The third kappa shape index (κ3) is 6.82. The van der Waals surface area contributed by atoms with Gasteiger partial charge in [-0.05, 0) is 51.2 Å². The second kappa shape index (κ2) is 11.7. The van der Waals surface area contributed by atoms with Crippen LogP contribution in [-0.4, -0.2) is 41.0 Å². The number of hydrogen-bond acceptors (Lipinski definition) is 4. The van der Waals surface area contributed by atoms with Gasteiger partial charge in [-0.15, -0.1) is 12.4 Å². The molecule has 2 aromatic carbocycles. The molecule has 0 fully saturated rings. The summed E-state index contributed by atoms with van der Waals surface area (Å²) in [5.41, 5.74) is 1.59. The van der Waals surface area contributed by atoms with Crippen LogP contribution in [0.25, 0.3) is 0 Å². The standard InChI is InChI=1S/C20H27N3O3S.ClH/c1-17-9-11-18(12-10-17)23(16-13-20(24)22-15-6-14-21-2)27(25,26)19-7-4-3-5-8-19;/h3-5,7-12,21H,6,13-16H2,1-2H3,(H,22,24);1H. The van der Waals surface area contributed by atoms with Gasteiger partial charge in [0.25, 0.3) is 10.0 Å². The highest BCUT2D eigenvalue weighted by molar-refractivity contribution is 7.92. The molecule has 154 valence electrons. The SMILES string of the molecule is CNCCCNC(=O)CCN(c1ccc(C)cc1)S(=O)(=O)c1ccccc1.Cl. The Morgan fingerprint density at radius 1 is 1.00 bits per heavy atom. The molecule has 0 radical (unpaired) electrons. The van der Waals surface area contributed by atoms with Gasteiger partial charge in [0, 0.05) is 19.5 Å². The van der Waals surface area contributed by atoms with Crippen molar-refractivity contribution in [2.24, 2.45) is 0 Å². The lowest BCUT2D eigenvalue weighted by Gasteiger charge is -2.24. The fraction of sp³-hybridized carbons (Fsp3) is 0.350. The van der Waals surface area contributed by atoms with Crippen molar-refractivity contribution in [2.75, 3.05) is 31.0 Å². The van der Waals surface area contributed by atoms with Gasteiger partial charge in [-0.3, -0.25) is 9.10 Å². The monoisotopic (exact) mass is 425 g/mol. The van der Waals surface area contributed by atoms with Crippen LogP contribution in [0.3, 0.4) is 0 Å². The van der Waals surface area contributed by atoms with Gasteiger partial charge in [0.1, 0.15) is 0 Å². The van der Waals surface area contributed by atoms with Crippen LogP contribution >= 0.6 is 12.4 Å². The van der Waals surface area contributed by atoms with Crippen LogP contribution in [0, 0.1) is 6.92 Å². The van der Waals surface area contributed by atoms with E-state index in [-0.39, 0.29) is 36.2 Å². The number of benzene rings is 2. The molecule has 0 aliphatic rings. The molecule has 1 amide bonds. The lowest BCUT2D eigenvalue weighted by molar-refractivity contribution is -0.120. The van der Waals surface area contributed by atoms with E-state index in [9.17, 15) is 13.2 Å². The fourth-order valence-corrected chi connectivity index (χ4v) is 4.09. The van der Waals surface area contributed by atoms with E-state index in [0.717, 1.165) is 18.5 Å². The molecule has 0 aliphatic heterocycles. The zero-order valence-electron chi connectivity index (χ0n) is 16.2. The van der Waals surface area contributed by atoms with Crippen LogP contribution in [0.1, 0.15) is 18.4 Å². The summed E-state index contributed by atoms with van der Waals surface area (Å²) in [6, 6.07) is 15.5. The summed E-state index contributed by atoms with van der Waals surface area (Å²) in [6.07, 6.45) is 0.922. The Bertz CT molecular complexity index is 828. The van der Waals surface area contributed by atoms with Gasteiger partial charge < -0.3 is 10.6 Å². The van der Waals surface area contributed by atoms with E-state index in [0.29, 0.717) is 12.2 Å². The highest BCUT2D eigenvalue weighted by atomic mass is 35.5. The van der Waals surface area contributed by atoms with Crippen molar-refractivity contribution in [3.05, 3.63) is 60.2 Å². The van der Waals surface area contributed by atoms with Crippen LogP contribution in [0.15, 0.2) is 59.5 Å². The number of aryl methyl sites for hydroxylation is 1. The van der Waals surface area contributed by atoms with Crippen molar-refractivity contribution >= 4 is 34.0 Å². The molecule has 6 nitrogen and oxygen atoms in total. The van der Waals surface area contributed by atoms with Crippen LogP contribution < -0.4 is 14.9 Å². The normalized spacial score (nSPS) is 10.8. The fourth-order valence-electron chi connectivity index (χ4n) is 2.60. The Labute approximate surface area is 173 Å². The Morgan fingerprint density at radius 2 is 1.64 bits per heavy atom. The first-order valence-corrected chi connectivity index (χ1v) is 10.4. The smallest absolute Gasteiger partial charge is 0.264 e. The predicted molar refractivity (Wildman–Crippen MR) is 116 cm³/mol. The number of anilines is 1. The summed E-state index contributed by atoms with van der Waals surface area (Å²) in [5, 5.41) is 5.84. The number of amides is 1. The van der Waals surface area contributed by atoms with E-state index in [1.165, 1.54) is 4.31 Å². The molecule has 0 saturated carbocycles. The summed E-state index contributed by atoms with van der Waals surface area (Å²) in [5.74, 6) is -0.161. The van der Waals surface area contributed by atoms with Crippen molar-refractivity contribution < 1.29 is 13.2 Å². The molecule has 8 heteroatoms. The van der Waals surface area contributed by atoms with E-state index in [4.69, 9.17) is 0 Å². The Balaban J connectivity index is 0.00000392. The van der Waals surface area contributed by atoms with Crippen molar-refractivity contribution in [2.45, 2.75) is 24.7 Å². The molecule has 0 aliphatic carbocycles. The third-order valence-corrected chi connectivity index (χ3v) is 5.96. The molecule has 0 atom stereocenters. The Morgan fingerprint density at radius 3 is 2.25 bits per heavy atom. The minimum absolute atomic E-state index is 0. The highest BCUT2D eigenvalue weighted by Gasteiger charge is 2.25. The summed E-state index contributed by atoms with van der Waals surface area (Å²) < 4.78 is 27.5. The first kappa shape index (κ1) is 23.9. The molecule has 0 heterocycles. The first-order valence-electron chi connectivity index (χ1n) is 9.01. The number of nitrogens with one attached hydrogen (secondary N) is 2. The second-order valence-electron chi connectivity index (χ2n) is 6.28. The maximum Gasteiger partial charge on any atom is 0.264 e. The van der Waals surface area contributed by atoms with Gasteiger partial charge in [-0.2, -0.15) is 0 Å². The highest BCUT2D eigenvalue weighted by Crippen LogP contribution is 2.24. The van der Waals surface area contributed by atoms with Crippen molar-refractivity contribution in [1.29, 1.82) is 0 Å². The summed E-state index contributed by atoms with van der Waals surface area (Å²) in [6.45, 7) is 3.41. The topological polar surface area (TPSA) is 78.5 Å². The third-order valence-electron chi connectivity index (χ3n) is 4.12. The molecule has 2 N–H and O–H groups in total. The summed E-state index contributed by atoms with van der Waals surface area (Å²) in [4.78, 5) is 12.3. The van der Waals surface area contributed by atoms with Gasteiger partial charge in [-0.25, -0.2) is 8.42 Å². The summed E-state index contributed by atoms with van der Waals surface area (Å²) >= 11 is 0. The Kier molecular flexibility index (Phi) is 9.99. The molecular weight excluding hydrogens is 398 g/mol. The predicted octanol–water partition coefficient (Wildman–Crippen LogP) is 2.73. The van der Waals surface area contributed by atoms with E-state index < -0.39 is 10.0 Å². The summed E-state index contributed by atoms with van der Waals surface area (Å²) in [7, 11) is -1.89. The number of carbonyl (C=O) groups is 1. The molecule has 0 aromatic heterocycles. The molecule has 0 saturated heterocycles. The molecule has 0 unspecified atom stereocenters. The van der Waals surface area contributed by atoms with Gasteiger partial charge >= 0.3 is 0 Å². The van der Waals surface area contributed by atoms with Crippen molar-refractivity contribution in [3.63, 3.8) is 0 Å². The lowest BCUT2D eigenvalue weighted by Crippen LogP contribution is -2.35. The maximum atomic E-state index is 13.1. The van der Waals surface area contributed by atoms with Crippen molar-refractivity contribution in [1.82, 2.24) is 10.6 Å². The van der Waals surface area contributed by atoms with Crippen molar-refractivity contribution in [3.8, 4) is 0 Å². The number of carbonyl (C=O) groups excluding carboxylic acids is 1. The Hall–Kier alpha value is -2.09. The van der Waals surface area contributed by atoms with Crippen LogP contribution in [0.2, 0.25) is 0 Å². The van der Waals surface area contributed by atoms with E-state index >= 15 is 0 Å². The molecule has 2 rings (SSSR count). The molecular formula is C20H28ClN3O3S. The molecule has 28 heavy (non-hydrogen) atoms. The second-order valence-corrected chi connectivity index (χ2v) is 8.15. The zero-order valence-corrected chi connectivity index (χ0v) is 17.9. The molecule has 0 spiro atoms. The minimum Gasteiger partial charge on any atom is -0.356 e. The van der Waals surface area contributed by atoms with E-state index in [1.807, 2.05) is 26.1 Å². The average molecular weight is 426 g/mol. The van der Waals surface area contributed by atoms with Gasteiger partial charge in [0.05, 0.1) is 10.6 Å². The molecule has 0 bridgehead atoms. The van der Waals surface area contributed by atoms with E-state index in [1.54, 1.807) is 42.5 Å². The maximum absolute atomic E-state index is 13.1. The lowest BCUT2D eigenvalue weighted by atomic mass is 10.2. The number of rotatable bonds is 10. The number of nitrogens with zero attached hydrogens (tertiary/aromatic N) is 1. The zero-order chi connectivity index (χ0) is 19.7. The first-order chi connectivity index (χ1) is 12.9. The quantitative estimate of drug-likeness (QED) is 0.574. The molecule has 2 aromatic rings. The van der Waals surface area contributed by atoms with Crippen LogP contribution in [0.4, 0.5) is 5.69 Å². The minimum atomic E-state index is -3.75.